The van der Waals surface area contributed by atoms with Gasteiger partial charge in [-0.05, 0) is 24.1 Å². The number of methoxy groups -OCH3 is 1. The van der Waals surface area contributed by atoms with Crippen molar-refractivity contribution in [3.63, 3.8) is 0 Å². The monoisotopic (exact) mass is 321 g/mol. The molecule has 1 aromatic carbocycles. The van der Waals surface area contributed by atoms with Crippen LogP contribution in [-0.2, 0) is 22.6 Å². The highest BCUT2D eigenvalue weighted by atomic mass is 19.1. The molecule has 1 amide bonds. The van der Waals surface area contributed by atoms with Crippen LogP contribution in [0.15, 0.2) is 30.5 Å². The first kappa shape index (κ1) is 16.5. The lowest BCUT2D eigenvalue weighted by Gasteiger charge is -2.05. The van der Waals surface area contributed by atoms with Crippen molar-refractivity contribution in [3.05, 3.63) is 41.8 Å². The summed E-state index contributed by atoms with van der Waals surface area (Å²) in [4.78, 5) is 22.4. The normalized spacial score (nSPS) is 10.3. The summed E-state index contributed by atoms with van der Waals surface area (Å²) >= 11 is 0. The standard InChI is InChI=1S/C15H16FN3O4/c1-23-12-4-2-10(8-11(12)16)3-5-14(20)17-13-6-7-19(18-13)9-15(21)22/h2,4,6-8H,3,5,9H2,1H3,(H,21,22)(H,17,18,20). The average Bonchev–Trinajstić information content (AvgIpc) is 2.91. The summed E-state index contributed by atoms with van der Waals surface area (Å²) in [6.45, 7) is -0.277. The number of rotatable bonds is 7. The summed E-state index contributed by atoms with van der Waals surface area (Å²) in [5.74, 6) is -1.36. The molecule has 23 heavy (non-hydrogen) atoms. The van der Waals surface area contributed by atoms with Crippen LogP contribution in [0.25, 0.3) is 0 Å². The largest absolute Gasteiger partial charge is 0.494 e. The number of hydrogen-bond acceptors (Lipinski definition) is 4. The number of aryl methyl sites for hydroxylation is 1. The number of ether oxygens (including phenoxy) is 1. The van der Waals surface area contributed by atoms with Gasteiger partial charge >= 0.3 is 5.97 Å². The summed E-state index contributed by atoms with van der Waals surface area (Å²) in [6, 6.07) is 6.04. The fraction of sp³-hybridized carbons (Fsp3) is 0.267. The minimum Gasteiger partial charge on any atom is -0.494 e. The molecule has 0 fully saturated rings. The third-order valence-corrected chi connectivity index (χ3v) is 3.06. The van der Waals surface area contributed by atoms with Crippen molar-refractivity contribution in [2.75, 3.05) is 12.4 Å². The van der Waals surface area contributed by atoms with E-state index in [2.05, 4.69) is 10.4 Å². The Balaban J connectivity index is 1.86. The molecular formula is C15H16FN3O4. The Hall–Kier alpha value is -2.90. The van der Waals surface area contributed by atoms with Crippen molar-refractivity contribution in [3.8, 4) is 5.75 Å². The molecule has 0 aliphatic carbocycles. The lowest BCUT2D eigenvalue weighted by atomic mass is 10.1. The molecule has 7 nitrogen and oxygen atoms in total. The molecule has 8 heteroatoms. The quantitative estimate of drug-likeness (QED) is 0.809. The van der Waals surface area contributed by atoms with Crippen molar-refractivity contribution in [2.24, 2.45) is 0 Å². The molecule has 1 heterocycles. The van der Waals surface area contributed by atoms with Gasteiger partial charge in [0.2, 0.25) is 5.91 Å². The first-order chi connectivity index (χ1) is 11.0. The zero-order valence-electron chi connectivity index (χ0n) is 12.5. The molecule has 0 aliphatic rings. The van der Waals surface area contributed by atoms with Crippen LogP contribution in [-0.4, -0.2) is 33.9 Å². The molecule has 0 radical (unpaired) electrons. The van der Waals surface area contributed by atoms with Gasteiger partial charge in [-0.2, -0.15) is 5.10 Å². The molecule has 0 bridgehead atoms. The second kappa shape index (κ2) is 7.39. The molecule has 0 unspecified atom stereocenters. The Morgan fingerprint density at radius 2 is 2.17 bits per heavy atom. The van der Waals surface area contributed by atoms with Crippen molar-refractivity contribution in [2.45, 2.75) is 19.4 Å². The number of aromatic nitrogens is 2. The Morgan fingerprint density at radius 3 is 2.83 bits per heavy atom. The van der Waals surface area contributed by atoms with Crippen LogP contribution in [0.5, 0.6) is 5.75 Å². The van der Waals surface area contributed by atoms with E-state index >= 15 is 0 Å². The summed E-state index contributed by atoms with van der Waals surface area (Å²) in [6.07, 6.45) is 1.97. The van der Waals surface area contributed by atoms with Gasteiger partial charge in [0.05, 0.1) is 7.11 Å². The minimum absolute atomic E-state index is 0.150. The first-order valence-corrected chi connectivity index (χ1v) is 6.85. The Morgan fingerprint density at radius 1 is 1.39 bits per heavy atom. The van der Waals surface area contributed by atoms with Gasteiger partial charge in [0.1, 0.15) is 6.54 Å². The molecule has 0 saturated heterocycles. The van der Waals surface area contributed by atoms with Crippen LogP contribution in [0.3, 0.4) is 0 Å². The second-order valence-corrected chi connectivity index (χ2v) is 4.81. The lowest BCUT2D eigenvalue weighted by Crippen LogP contribution is -2.14. The van der Waals surface area contributed by atoms with Crippen LogP contribution in [0.1, 0.15) is 12.0 Å². The van der Waals surface area contributed by atoms with Crippen LogP contribution in [0.2, 0.25) is 0 Å². The van der Waals surface area contributed by atoms with Gasteiger partial charge in [-0.3, -0.25) is 14.3 Å². The van der Waals surface area contributed by atoms with E-state index in [9.17, 15) is 14.0 Å². The van der Waals surface area contributed by atoms with Gasteiger partial charge in [-0.15, -0.1) is 0 Å². The fourth-order valence-corrected chi connectivity index (χ4v) is 1.98. The molecule has 0 spiro atoms. The molecular weight excluding hydrogens is 305 g/mol. The molecule has 2 rings (SSSR count). The zero-order chi connectivity index (χ0) is 16.8. The van der Waals surface area contributed by atoms with E-state index in [1.807, 2.05) is 0 Å². The first-order valence-electron chi connectivity index (χ1n) is 6.85. The molecule has 2 aromatic rings. The Labute approximate surface area is 131 Å². The lowest BCUT2D eigenvalue weighted by molar-refractivity contribution is -0.137. The number of nitrogens with one attached hydrogen (secondary N) is 1. The number of aliphatic carboxylic acids is 1. The third kappa shape index (κ3) is 4.80. The molecule has 0 saturated carbocycles. The number of carbonyl (C=O) groups excluding carboxylic acids is 1. The third-order valence-electron chi connectivity index (χ3n) is 3.06. The molecule has 2 N–H and O–H groups in total. The molecule has 0 atom stereocenters. The smallest absolute Gasteiger partial charge is 0.325 e. The van der Waals surface area contributed by atoms with Crippen molar-refractivity contribution >= 4 is 17.7 Å². The maximum absolute atomic E-state index is 13.5. The van der Waals surface area contributed by atoms with Crippen LogP contribution >= 0.6 is 0 Å². The van der Waals surface area contributed by atoms with Crippen LogP contribution < -0.4 is 10.1 Å². The van der Waals surface area contributed by atoms with Gasteiger partial charge in [0.25, 0.3) is 0 Å². The van der Waals surface area contributed by atoms with Crippen molar-refractivity contribution in [1.29, 1.82) is 0 Å². The topological polar surface area (TPSA) is 93.5 Å². The number of hydrogen-bond donors (Lipinski definition) is 2. The number of halogens is 1. The van der Waals surface area contributed by atoms with Crippen LogP contribution in [0, 0.1) is 5.82 Å². The van der Waals surface area contributed by atoms with Gasteiger partial charge in [-0.1, -0.05) is 6.07 Å². The Bertz CT molecular complexity index is 714. The predicted octanol–water partition coefficient (Wildman–Crippen LogP) is 1.69. The number of carboxylic acids is 1. The SMILES string of the molecule is COc1ccc(CCC(=O)Nc2ccn(CC(=O)O)n2)cc1F. The van der Waals surface area contributed by atoms with E-state index < -0.39 is 11.8 Å². The number of amides is 1. The van der Waals surface area contributed by atoms with Gasteiger partial charge < -0.3 is 15.2 Å². The van der Waals surface area contributed by atoms with E-state index in [0.717, 1.165) is 0 Å². The van der Waals surface area contributed by atoms with E-state index in [0.29, 0.717) is 12.0 Å². The van der Waals surface area contributed by atoms with E-state index in [1.54, 1.807) is 6.07 Å². The minimum atomic E-state index is -1.02. The van der Waals surface area contributed by atoms with Gasteiger partial charge in [0, 0.05) is 18.7 Å². The van der Waals surface area contributed by atoms with Gasteiger partial charge in [-0.25, -0.2) is 4.39 Å². The number of anilines is 1. The summed E-state index contributed by atoms with van der Waals surface area (Å²) in [5, 5.41) is 15.1. The van der Waals surface area contributed by atoms with Crippen molar-refractivity contribution < 1.29 is 23.8 Å². The summed E-state index contributed by atoms with van der Waals surface area (Å²) < 4.78 is 19.6. The second-order valence-electron chi connectivity index (χ2n) is 4.81. The van der Waals surface area contributed by atoms with E-state index in [1.165, 1.54) is 36.2 Å². The zero-order valence-corrected chi connectivity index (χ0v) is 12.5. The maximum Gasteiger partial charge on any atom is 0.325 e. The highest BCUT2D eigenvalue weighted by Gasteiger charge is 2.09. The maximum atomic E-state index is 13.5. The average molecular weight is 321 g/mol. The van der Waals surface area contributed by atoms with Crippen LogP contribution in [0.4, 0.5) is 10.2 Å². The highest BCUT2D eigenvalue weighted by Crippen LogP contribution is 2.18. The fourth-order valence-electron chi connectivity index (χ4n) is 1.98. The Kier molecular flexibility index (Phi) is 5.29. The molecule has 1 aromatic heterocycles. The van der Waals surface area contributed by atoms with E-state index in [4.69, 9.17) is 9.84 Å². The number of carboxylic acid groups (broad SMARTS) is 1. The summed E-state index contributed by atoms with van der Waals surface area (Å²) in [7, 11) is 1.38. The summed E-state index contributed by atoms with van der Waals surface area (Å²) in [5.41, 5.74) is 0.676. The number of benzene rings is 1. The highest BCUT2D eigenvalue weighted by molar-refractivity contribution is 5.89. The van der Waals surface area contributed by atoms with Gasteiger partial charge in [0.15, 0.2) is 17.4 Å². The molecule has 0 aliphatic heterocycles. The number of carbonyl (C=O) groups is 2. The van der Waals surface area contributed by atoms with Crippen molar-refractivity contribution in [1.82, 2.24) is 9.78 Å². The molecule has 122 valence electrons. The number of nitrogens with zero attached hydrogens (tertiary/aromatic N) is 2. The van der Waals surface area contributed by atoms with E-state index in [-0.39, 0.29) is 30.4 Å². The predicted molar refractivity (Wildman–Crippen MR) is 79.8 cm³/mol.